The number of benzene rings is 1. The van der Waals surface area contributed by atoms with Gasteiger partial charge in [-0.1, -0.05) is 6.92 Å². The first-order valence-corrected chi connectivity index (χ1v) is 10.3. The molecule has 0 amide bonds. The van der Waals surface area contributed by atoms with Crippen molar-refractivity contribution in [2.24, 2.45) is 0 Å². The maximum absolute atomic E-state index is 12.5. The van der Waals surface area contributed by atoms with E-state index in [1.165, 1.54) is 10.4 Å². The minimum absolute atomic E-state index is 0.0325. The Labute approximate surface area is 132 Å². The standard InChI is InChI=1S/C14H21NO5S2/c1-4-20-14-7-6-12(8-11(14)3)22(18,19)15-9-13(10-15)21(16,17)5-2/h6-8,13H,4-5,9-10H2,1-3H3. The number of sulfone groups is 1. The molecule has 1 saturated heterocycles. The number of hydrogen-bond acceptors (Lipinski definition) is 5. The summed E-state index contributed by atoms with van der Waals surface area (Å²) < 4.78 is 55.0. The van der Waals surface area contributed by atoms with Crippen molar-refractivity contribution in [1.82, 2.24) is 4.31 Å². The summed E-state index contributed by atoms with van der Waals surface area (Å²) in [5.41, 5.74) is 0.737. The van der Waals surface area contributed by atoms with Crippen molar-refractivity contribution < 1.29 is 21.6 Å². The maximum atomic E-state index is 12.5. The van der Waals surface area contributed by atoms with Gasteiger partial charge in [0.05, 0.1) is 16.8 Å². The molecule has 1 fully saturated rings. The lowest BCUT2D eigenvalue weighted by Crippen LogP contribution is -2.57. The van der Waals surface area contributed by atoms with E-state index in [2.05, 4.69) is 0 Å². The number of ether oxygens (including phenoxy) is 1. The average molecular weight is 347 g/mol. The van der Waals surface area contributed by atoms with Crippen LogP contribution >= 0.6 is 0 Å². The molecule has 0 aliphatic carbocycles. The molecule has 0 spiro atoms. The molecule has 1 aromatic rings. The van der Waals surface area contributed by atoms with Gasteiger partial charge in [0, 0.05) is 18.8 Å². The predicted octanol–water partition coefficient (Wildman–Crippen LogP) is 1.20. The first-order valence-electron chi connectivity index (χ1n) is 7.17. The maximum Gasteiger partial charge on any atom is 0.243 e. The lowest BCUT2D eigenvalue weighted by Gasteiger charge is -2.37. The van der Waals surface area contributed by atoms with Crippen LogP contribution in [0.1, 0.15) is 19.4 Å². The first-order chi connectivity index (χ1) is 10.2. The van der Waals surface area contributed by atoms with Gasteiger partial charge in [-0.2, -0.15) is 4.31 Å². The Hall–Kier alpha value is -1.12. The van der Waals surface area contributed by atoms with Crippen LogP contribution in [0, 0.1) is 6.92 Å². The summed E-state index contributed by atoms with van der Waals surface area (Å²) in [6.45, 7) is 5.79. The van der Waals surface area contributed by atoms with Crippen LogP contribution in [0.3, 0.4) is 0 Å². The molecule has 0 radical (unpaired) electrons. The second-order valence-electron chi connectivity index (χ2n) is 5.26. The highest BCUT2D eigenvalue weighted by Gasteiger charge is 2.42. The lowest BCUT2D eigenvalue weighted by atomic mass is 10.2. The lowest BCUT2D eigenvalue weighted by molar-refractivity contribution is 0.309. The normalized spacial score (nSPS) is 17.2. The number of aryl methyl sites for hydroxylation is 1. The Bertz CT molecular complexity index is 749. The van der Waals surface area contributed by atoms with Crippen molar-refractivity contribution >= 4 is 19.9 Å². The molecule has 0 saturated carbocycles. The molecule has 0 N–H and O–H groups in total. The molecule has 124 valence electrons. The highest BCUT2D eigenvalue weighted by atomic mass is 32.2. The predicted molar refractivity (Wildman–Crippen MR) is 84.4 cm³/mol. The average Bonchev–Trinajstić information content (AvgIpc) is 2.38. The van der Waals surface area contributed by atoms with Gasteiger partial charge in [0.1, 0.15) is 5.75 Å². The Balaban J connectivity index is 2.18. The van der Waals surface area contributed by atoms with Crippen molar-refractivity contribution in [3.05, 3.63) is 23.8 Å². The Kier molecular flexibility index (Phi) is 4.84. The largest absolute Gasteiger partial charge is 0.494 e. The zero-order valence-corrected chi connectivity index (χ0v) is 14.6. The molecule has 0 unspecified atom stereocenters. The number of nitrogens with zero attached hydrogens (tertiary/aromatic N) is 1. The summed E-state index contributed by atoms with van der Waals surface area (Å²) in [5, 5.41) is -0.587. The van der Waals surface area contributed by atoms with Crippen molar-refractivity contribution in [3.8, 4) is 5.75 Å². The van der Waals surface area contributed by atoms with E-state index in [4.69, 9.17) is 4.74 Å². The molecule has 1 aliphatic rings. The van der Waals surface area contributed by atoms with Crippen LogP contribution in [0.4, 0.5) is 0 Å². The fourth-order valence-electron chi connectivity index (χ4n) is 2.31. The second-order valence-corrected chi connectivity index (χ2v) is 9.76. The summed E-state index contributed by atoms with van der Waals surface area (Å²) in [5.74, 6) is 0.685. The van der Waals surface area contributed by atoms with E-state index >= 15 is 0 Å². The van der Waals surface area contributed by atoms with E-state index in [0.29, 0.717) is 12.4 Å². The molecular weight excluding hydrogens is 326 g/mol. The molecule has 0 aromatic heterocycles. The van der Waals surface area contributed by atoms with E-state index in [1.807, 2.05) is 6.92 Å². The quantitative estimate of drug-likeness (QED) is 0.772. The third kappa shape index (κ3) is 3.13. The second kappa shape index (κ2) is 6.17. The summed E-state index contributed by atoms with van der Waals surface area (Å²) in [4.78, 5) is 0.167. The van der Waals surface area contributed by atoms with Crippen LogP contribution in [0.25, 0.3) is 0 Å². The molecule has 1 aliphatic heterocycles. The molecular formula is C14H21NO5S2. The molecule has 0 bridgehead atoms. The molecule has 22 heavy (non-hydrogen) atoms. The van der Waals surface area contributed by atoms with Gasteiger partial charge in [0.15, 0.2) is 9.84 Å². The van der Waals surface area contributed by atoms with E-state index in [1.54, 1.807) is 26.0 Å². The van der Waals surface area contributed by atoms with E-state index in [9.17, 15) is 16.8 Å². The zero-order valence-electron chi connectivity index (χ0n) is 12.9. The van der Waals surface area contributed by atoms with E-state index in [-0.39, 0.29) is 23.7 Å². The molecule has 1 heterocycles. The Morgan fingerprint density at radius 3 is 2.32 bits per heavy atom. The minimum Gasteiger partial charge on any atom is -0.494 e. The van der Waals surface area contributed by atoms with Crippen LogP contribution in [0.2, 0.25) is 0 Å². The first kappa shape index (κ1) is 17.2. The van der Waals surface area contributed by atoms with Crippen LogP contribution in [0.15, 0.2) is 23.1 Å². The summed E-state index contributed by atoms with van der Waals surface area (Å²) in [6.07, 6.45) is 0. The Morgan fingerprint density at radius 2 is 1.82 bits per heavy atom. The third-order valence-corrected chi connectivity index (χ3v) is 7.76. The highest BCUT2D eigenvalue weighted by Crippen LogP contribution is 2.28. The molecule has 8 heteroatoms. The monoisotopic (exact) mass is 347 g/mol. The van der Waals surface area contributed by atoms with Crippen LogP contribution < -0.4 is 4.74 Å². The molecule has 1 aromatic carbocycles. The van der Waals surface area contributed by atoms with Crippen LogP contribution in [-0.4, -0.2) is 51.8 Å². The van der Waals surface area contributed by atoms with Gasteiger partial charge in [0.25, 0.3) is 0 Å². The van der Waals surface area contributed by atoms with Gasteiger partial charge >= 0.3 is 0 Å². The van der Waals surface area contributed by atoms with Crippen molar-refractivity contribution in [3.63, 3.8) is 0 Å². The van der Waals surface area contributed by atoms with Crippen molar-refractivity contribution in [1.29, 1.82) is 0 Å². The van der Waals surface area contributed by atoms with Crippen molar-refractivity contribution in [2.75, 3.05) is 25.4 Å². The fraction of sp³-hybridized carbons (Fsp3) is 0.571. The SMILES string of the molecule is CCOc1ccc(S(=O)(=O)N2CC(S(=O)(=O)CC)C2)cc1C. The zero-order chi connectivity index (χ0) is 16.5. The third-order valence-electron chi connectivity index (χ3n) is 3.81. The summed E-state index contributed by atoms with van der Waals surface area (Å²) >= 11 is 0. The van der Waals surface area contributed by atoms with Crippen LogP contribution in [-0.2, 0) is 19.9 Å². The highest BCUT2D eigenvalue weighted by molar-refractivity contribution is 7.92. The smallest absolute Gasteiger partial charge is 0.243 e. The minimum atomic E-state index is -3.64. The fourth-order valence-corrected chi connectivity index (χ4v) is 5.40. The van der Waals surface area contributed by atoms with Crippen molar-refractivity contribution in [2.45, 2.75) is 30.9 Å². The summed E-state index contributed by atoms with van der Waals surface area (Å²) in [7, 11) is -6.83. The number of sulfonamides is 1. The molecule has 6 nitrogen and oxygen atoms in total. The van der Waals surface area contributed by atoms with Gasteiger partial charge in [0.2, 0.25) is 10.0 Å². The van der Waals surface area contributed by atoms with Gasteiger partial charge < -0.3 is 4.74 Å². The van der Waals surface area contributed by atoms with Gasteiger partial charge in [-0.05, 0) is 37.6 Å². The van der Waals surface area contributed by atoms with Gasteiger partial charge in [-0.15, -0.1) is 0 Å². The van der Waals surface area contributed by atoms with Gasteiger partial charge in [-0.25, -0.2) is 16.8 Å². The molecule has 0 atom stereocenters. The van der Waals surface area contributed by atoms with Gasteiger partial charge in [-0.3, -0.25) is 0 Å². The molecule has 2 rings (SSSR count). The number of rotatable bonds is 6. The van der Waals surface area contributed by atoms with Crippen LogP contribution in [0.5, 0.6) is 5.75 Å². The summed E-state index contributed by atoms with van der Waals surface area (Å²) in [6, 6.07) is 4.68. The number of hydrogen-bond donors (Lipinski definition) is 0. The van der Waals surface area contributed by atoms with E-state index in [0.717, 1.165) is 5.56 Å². The topological polar surface area (TPSA) is 80.8 Å². The van der Waals surface area contributed by atoms with E-state index < -0.39 is 25.1 Å². The Morgan fingerprint density at radius 1 is 1.18 bits per heavy atom.